The summed E-state index contributed by atoms with van der Waals surface area (Å²) < 4.78 is 0. The van der Waals surface area contributed by atoms with Crippen LogP contribution in [0.5, 0.6) is 0 Å². The number of allylic oxidation sites excluding steroid dienone is 4. The Kier molecular flexibility index (Phi) is 12.5. The minimum Gasteiger partial charge on any atom is -0.0647 e. The van der Waals surface area contributed by atoms with Gasteiger partial charge in [-0.15, -0.1) is 0 Å². The van der Waals surface area contributed by atoms with E-state index in [0.717, 1.165) is 0 Å². The first-order valence-corrected chi connectivity index (χ1v) is 27.1. The van der Waals surface area contributed by atoms with E-state index in [1.165, 1.54) is 138 Å². The normalized spacial score (nSPS) is 13.1. The van der Waals surface area contributed by atoms with E-state index in [2.05, 4.69) is 269 Å². The number of hydrogen-bond donors (Lipinski definition) is 0. The van der Waals surface area contributed by atoms with E-state index in [1.807, 2.05) is 0 Å². The molecule has 9 aromatic carbocycles. The van der Waals surface area contributed by atoms with Crippen LogP contribution in [-0.2, 0) is 0 Å². The van der Waals surface area contributed by atoms with E-state index in [1.54, 1.807) is 0 Å². The Labute approximate surface area is 418 Å². The zero-order valence-corrected chi connectivity index (χ0v) is 43.6. The second-order valence-corrected chi connectivity index (χ2v) is 23.6. The van der Waals surface area contributed by atoms with Crippen LogP contribution in [0.15, 0.2) is 222 Å². The van der Waals surface area contributed by atoms with Crippen molar-refractivity contribution in [1.29, 1.82) is 0 Å². The van der Waals surface area contributed by atoms with Crippen LogP contribution in [0.4, 0.5) is 0 Å². The highest BCUT2D eigenvalue weighted by Gasteiger charge is 2.56. The molecule has 0 aliphatic heterocycles. The Bertz CT molecular complexity index is 3110. The van der Waals surface area contributed by atoms with Crippen molar-refractivity contribution in [3.8, 4) is 66.8 Å². The fraction of sp³-hybridized carbons (Fsp3) is 0.159. The molecule has 0 spiro atoms. The Balaban J connectivity index is 1.62. The van der Waals surface area contributed by atoms with Gasteiger partial charge in [-0.05, 0) is 196 Å². The van der Waals surface area contributed by atoms with E-state index < -0.39 is 8.07 Å². The second-order valence-electron chi connectivity index (χ2n) is 19.9. The van der Waals surface area contributed by atoms with Crippen LogP contribution in [0.1, 0.15) is 61.1 Å². The van der Waals surface area contributed by atoms with Crippen molar-refractivity contribution >= 4 is 23.6 Å². The van der Waals surface area contributed by atoms with E-state index in [4.69, 9.17) is 0 Å². The number of rotatable bonds is 10. The van der Waals surface area contributed by atoms with Crippen molar-refractivity contribution < 1.29 is 0 Å². The van der Waals surface area contributed by atoms with Crippen LogP contribution in [0.3, 0.4) is 0 Å². The Morgan fingerprint density at radius 1 is 0.271 bits per heavy atom. The maximum absolute atomic E-state index is 3.72. The molecule has 0 amide bonds. The first-order chi connectivity index (χ1) is 33.9. The highest BCUT2D eigenvalue weighted by molar-refractivity contribution is 7.15. The molecule has 9 aromatic rings. The molecule has 0 radical (unpaired) electrons. The van der Waals surface area contributed by atoms with E-state index in [0.29, 0.717) is 0 Å². The van der Waals surface area contributed by atoms with Gasteiger partial charge in [0, 0.05) is 5.54 Å². The fourth-order valence-corrected chi connectivity index (χ4v) is 20.5. The van der Waals surface area contributed by atoms with Gasteiger partial charge in [0.05, 0.1) is 0 Å². The molecule has 70 heavy (non-hydrogen) atoms. The summed E-state index contributed by atoms with van der Waals surface area (Å²) in [7, 11) is -3.72. The van der Waals surface area contributed by atoms with Crippen molar-refractivity contribution in [1.82, 2.24) is 0 Å². The molecule has 10 rings (SSSR count). The summed E-state index contributed by atoms with van der Waals surface area (Å²) in [5, 5.41) is 4.50. The Morgan fingerprint density at radius 2 is 0.486 bits per heavy atom. The molecule has 0 N–H and O–H groups in total. The summed E-state index contributed by atoms with van der Waals surface area (Å²) in [6.07, 6.45) is 0. The average Bonchev–Trinajstić information content (AvgIpc) is 3.59. The number of aryl methyl sites for hydroxylation is 3. The van der Waals surface area contributed by atoms with Crippen molar-refractivity contribution in [3.63, 3.8) is 0 Å². The van der Waals surface area contributed by atoms with Gasteiger partial charge in [0.1, 0.15) is 0 Å². The van der Waals surface area contributed by atoms with Crippen LogP contribution in [0.2, 0.25) is 5.54 Å². The molecular formula is C69H64Si. The van der Waals surface area contributed by atoms with Gasteiger partial charge in [0.2, 0.25) is 0 Å². The third kappa shape index (κ3) is 7.59. The third-order valence-corrected chi connectivity index (χ3v) is 22.0. The van der Waals surface area contributed by atoms with Gasteiger partial charge in [0.15, 0.2) is 8.07 Å². The maximum atomic E-state index is 2.50. The minimum atomic E-state index is -3.72. The maximum Gasteiger partial charge on any atom is 0.162 e. The first kappa shape index (κ1) is 46.4. The van der Waals surface area contributed by atoms with Gasteiger partial charge in [-0.25, -0.2) is 0 Å². The zero-order valence-electron chi connectivity index (χ0n) is 42.6. The van der Waals surface area contributed by atoms with Crippen molar-refractivity contribution in [2.45, 2.75) is 74.8 Å². The molecule has 0 nitrogen and oxygen atoms in total. The highest BCUT2D eigenvalue weighted by Crippen LogP contribution is 2.52. The van der Waals surface area contributed by atoms with E-state index in [9.17, 15) is 0 Å². The summed E-state index contributed by atoms with van der Waals surface area (Å²) in [6.45, 7) is 24.4. The molecule has 0 saturated heterocycles. The molecule has 0 fully saturated rings. The quantitative estimate of drug-likeness (QED) is 0.0947. The first-order valence-electron chi connectivity index (χ1n) is 25.1. The molecule has 0 bridgehead atoms. The van der Waals surface area contributed by atoms with Gasteiger partial charge in [-0.2, -0.15) is 0 Å². The van der Waals surface area contributed by atoms with Gasteiger partial charge in [0.25, 0.3) is 0 Å². The summed E-state index contributed by atoms with van der Waals surface area (Å²) in [6, 6.07) is 75.3. The van der Waals surface area contributed by atoms with Crippen LogP contribution in [-0.4, -0.2) is 8.07 Å². The van der Waals surface area contributed by atoms with Crippen LogP contribution >= 0.6 is 0 Å². The number of benzene rings is 9. The highest BCUT2D eigenvalue weighted by atomic mass is 28.3. The molecule has 0 atom stereocenters. The minimum absolute atomic E-state index is 0.0530. The molecular weight excluding hydrogens is 857 g/mol. The SMILES string of the molecule is CC1=C(C)C([Si](c2c(C)c(-c3ccccc3)cc(C)c2-c2ccccc2)(c2c(C)c(-c3ccccc3)cc(C)c2-c2ccccc2)c2c(C)c(-c3ccccc3)cc(C)c2-c2ccccc2)C(C)=C1C. The smallest absolute Gasteiger partial charge is 0.0647 e. The zero-order chi connectivity index (χ0) is 48.8. The molecule has 0 unspecified atom stereocenters. The topological polar surface area (TPSA) is 0 Å². The molecule has 0 heterocycles. The lowest BCUT2D eigenvalue weighted by atomic mass is 9.90. The number of hydrogen-bond acceptors (Lipinski definition) is 0. The standard InChI is InChI=1S/C69H64Si/c1-44-41-60(54-29-17-11-18-30-54)51(8)67(63(44)57-35-23-14-24-36-57)70(66-49(6)47(4)48(5)50(66)7,68-52(9)61(55-31-19-12-20-32-55)42-45(2)64(68)58-37-25-15-26-38-58)69-53(10)62(56-33-21-13-22-34-56)43-46(3)65(69)59-39-27-16-28-40-59/h11-43,66H,1-10H3. The molecule has 0 saturated carbocycles. The summed E-state index contributed by atoms with van der Waals surface area (Å²) in [4.78, 5) is 0. The largest absolute Gasteiger partial charge is 0.162 e. The predicted octanol–water partition coefficient (Wildman–Crippen LogP) is 17.1. The predicted molar refractivity (Wildman–Crippen MR) is 306 cm³/mol. The lowest BCUT2D eigenvalue weighted by Crippen LogP contribution is -2.73. The van der Waals surface area contributed by atoms with Crippen molar-refractivity contribution in [2.75, 3.05) is 0 Å². The molecule has 1 heteroatoms. The van der Waals surface area contributed by atoms with Gasteiger partial charge < -0.3 is 0 Å². The summed E-state index contributed by atoms with van der Waals surface area (Å²) >= 11 is 0. The molecule has 0 aromatic heterocycles. The summed E-state index contributed by atoms with van der Waals surface area (Å²) in [5.74, 6) is 0. The van der Waals surface area contributed by atoms with Gasteiger partial charge >= 0.3 is 0 Å². The molecule has 344 valence electrons. The molecule has 1 aliphatic carbocycles. The Hall–Kier alpha value is -7.32. The monoisotopic (exact) mass is 920 g/mol. The lowest BCUT2D eigenvalue weighted by molar-refractivity contribution is 1.09. The van der Waals surface area contributed by atoms with Crippen LogP contribution in [0.25, 0.3) is 66.8 Å². The molecule has 1 aliphatic rings. The van der Waals surface area contributed by atoms with Crippen LogP contribution < -0.4 is 15.6 Å². The fourth-order valence-electron chi connectivity index (χ4n) is 12.7. The summed E-state index contributed by atoms with van der Waals surface area (Å²) in [5.41, 5.74) is 29.2. The van der Waals surface area contributed by atoms with E-state index in [-0.39, 0.29) is 5.54 Å². The second kappa shape index (κ2) is 18.9. The van der Waals surface area contributed by atoms with E-state index >= 15 is 0 Å². The van der Waals surface area contributed by atoms with Crippen molar-refractivity contribution in [2.24, 2.45) is 0 Å². The third-order valence-electron chi connectivity index (χ3n) is 16.0. The van der Waals surface area contributed by atoms with Gasteiger partial charge in [-0.1, -0.05) is 211 Å². The average molecular weight is 921 g/mol. The van der Waals surface area contributed by atoms with Gasteiger partial charge in [-0.3, -0.25) is 0 Å². The van der Waals surface area contributed by atoms with Crippen molar-refractivity contribution in [3.05, 3.63) is 256 Å². The van der Waals surface area contributed by atoms with Crippen LogP contribution in [0, 0.1) is 41.5 Å². The Morgan fingerprint density at radius 3 is 0.714 bits per heavy atom. The lowest BCUT2D eigenvalue weighted by Gasteiger charge is -2.48.